The third-order valence-electron chi connectivity index (χ3n) is 8.67. The maximum atomic E-state index is 13.3. The molecule has 0 aromatic rings. The van der Waals surface area contributed by atoms with Crippen molar-refractivity contribution in [3.8, 4) is 0 Å². The summed E-state index contributed by atoms with van der Waals surface area (Å²) in [5.74, 6) is 2.16. The summed E-state index contributed by atoms with van der Waals surface area (Å²) in [5, 5.41) is 0. The van der Waals surface area contributed by atoms with Gasteiger partial charge in [-0.1, -0.05) is 33.3 Å². The average molecular weight is 314 g/mol. The van der Waals surface area contributed by atoms with Gasteiger partial charge >= 0.3 is 0 Å². The van der Waals surface area contributed by atoms with Gasteiger partial charge in [-0.05, 0) is 66.3 Å². The molecule has 23 heavy (non-hydrogen) atoms. The number of fused-ring (bicyclic) bond motifs is 5. The Balaban J connectivity index is 1.77. The Hall–Kier alpha value is -0.920. The minimum absolute atomic E-state index is 0.0397. The van der Waals surface area contributed by atoms with E-state index < -0.39 is 0 Å². The van der Waals surface area contributed by atoms with Gasteiger partial charge in [0, 0.05) is 18.8 Å². The minimum Gasteiger partial charge on any atom is -0.299 e. The summed E-state index contributed by atoms with van der Waals surface area (Å²) in [5.41, 5.74) is 1.69. The number of allylic oxidation sites excluding steroid dienone is 1. The van der Waals surface area contributed by atoms with Gasteiger partial charge in [-0.15, -0.1) is 0 Å². The highest BCUT2D eigenvalue weighted by atomic mass is 16.1. The molecule has 0 aromatic carbocycles. The lowest BCUT2D eigenvalue weighted by Crippen LogP contribution is -2.55. The van der Waals surface area contributed by atoms with E-state index in [1.165, 1.54) is 18.4 Å². The second-order valence-corrected chi connectivity index (χ2v) is 9.82. The number of rotatable bonds is 0. The molecule has 0 aromatic heterocycles. The monoisotopic (exact) mass is 314 g/mol. The molecule has 0 saturated heterocycles. The van der Waals surface area contributed by atoms with E-state index in [4.69, 9.17) is 0 Å². The van der Waals surface area contributed by atoms with Gasteiger partial charge in [-0.3, -0.25) is 9.59 Å². The second-order valence-electron chi connectivity index (χ2n) is 9.82. The maximum absolute atomic E-state index is 13.3. The molecular weight excluding hydrogens is 284 g/mol. The van der Waals surface area contributed by atoms with Crippen LogP contribution in [0.2, 0.25) is 0 Å². The van der Waals surface area contributed by atoms with Gasteiger partial charge in [-0.25, -0.2) is 0 Å². The number of carbonyl (C=O) groups is 2. The van der Waals surface area contributed by atoms with Gasteiger partial charge in [0.1, 0.15) is 5.78 Å². The van der Waals surface area contributed by atoms with Gasteiger partial charge in [-0.2, -0.15) is 0 Å². The van der Waals surface area contributed by atoms with Crippen LogP contribution in [0.4, 0.5) is 0 Å². The van der Waals surface area contributed by atoms with Crippen LogP contribution in [0.1, 0.15) is 72.6 Å². The van der Waals surface area contributed by atoms with Crippen molar-refractivity contribution in [2.24, 2.45) is 34.0 Å². The zero-order valence-electron chi connectivity index (χ0n) is 15.1. The minimum atomic E-state index is -0.0397. The summed E-state index contributed by atoms with van der Waals surface area (Å²) in [6, 6.07) is 0. The molecule has 2 heteroatoms. The first kappa shape index (κ1) is 15.6. The summed E-state index contributed by atoms with van der Waals surface area (Å²) in [4.78, 5) is 25.2. The van der Waals surface area contributed by atoms with E-state index in [0.29, 0.717) is 24.0 Å². The number of carbonyl (C=O) groups excluding carboxylic acids is 2. The van der Waals surface area contributed by atoms with Crippen molar-refractivity contribution >= 4 is 11.6 Å². The molecule has 0 spiro atoms. The Labute approximate surface area is 140 Å². The van der Waals surface area contributed by atoms with Crippen molar-refractivity contribution in [3.05, 3.63) is 11.6 Å². The Morgan fingerprint density at radius 3 is 2.48 bits per heavy atom. The smallest absolute Gasteiger partial charge is 0.155 e. The molecule has 4 aliphatic carbocycles. The fraction of sp³-hybridized carbons (Fsp3) is 0.810. The van der Waals surface area contributed by atoms with Crippen molar-refractivity contribution in [1.82, 2.24) is 0 Å². The number of hydrogen-bond donors (Lipinski definition) is 0. The lowest BCUT2D eigenvalue weighted by atomic mass is 9.45. The first-order chi connectivity index (χ1) is 10.7. The van der Waals surface area contributed by atoms with E-state index >= 15 is 0 Å². The number of hydrogen-bond acceptors (Lipinski definition) is 2. The highest BCUT2D eigenvalue weighted by Crippen LogP contribution is 2.68. The third kappa shape index (κ3) is 1.87. The van der Waals surface area contributed by atoms with Gasteiger partial charge in [0.2, 0.25) is 0 Å². The predicted molar refractivity (Wildman–Crippen MR) is 90.9 cm³/mol. The van der Waals surface area contributed by atoms with Gasteiger partial charge < -0.3 is 0 Å². The fourth-order valence-electron chi connectivity index (χ4n) is 6.83. The summed E-state index contributed by atoms with van der Waals surface area (Å²) in [6.07, 6.45) is 8.84. The van der Waals surface area contributed by atoms with Crippen molar-refractivity contribution in [2.75, 3.05) is 0 Å². The second kappa shape index (κ2) is 4.58. The molecule has 0 amide bonds. The van der Waals surface area contributed by atoms with Gasteiger partial charge in [0.15, 0.2) is 5.78 Å². The number of ketones is 2. The van der Waals surface area contributed by atoms with E-state index in [-0.39, 0.29) is 27.9 Å². The topological polar surface area (TPSA) is 34.1 Å². The van der Waals surface area contributed by atoms with Gasteiger partial charge in [0.05, 0.1) is 0 Å². The quantitative estimate of drug-likeness (QED) is 0.648. The van der Waals surface area contributed by atoms with Crippen LogP contribution >= 0.6 is 0 Å². The molecule has 0 aliphatic heterocycles. The van der Waals surface area contributed by atoms with Crippen LogP contribution < -0.4 is 0 Å². The van der Waals surface area contributed by atoms with E-state index in [9.17, 15) is 9.59 Å². The molecule has 0 radical (unpaired) electrons. The van der Waals surface area contributed by atoms with Gasteiger partial charge in [0.25, 0.3) is 0 Å². The summed E-state index contributed by atoms with van der Waals surface area (Å²) < 4.78 is 0. The van der Waals surface area contributed by atoms with Crippen LogP contribution in [0.3, 0.4) is 0 Å². The van der Waals surface area contributed by atoms with Crippen molar-refractivity contribution in [1.29, 1.82) is 0 Å². The standard InChI is InChI=1S/C21H30O2/c1-19(2)9-8-16-15-6-5-13-11-14(22)7-10-20(13,3)18(15)17(23)12-21(16,19)4/h11,15-16,18H,5-10,12H2,1-4H3. The molecule has 5 atom stereocenters. The maximum Gasteiger partial charge on any atom is 0.155 e. The average Bonchev–Trinajstić information content (AvgIpc) is 2.69. The lowest BCUT2D eigenvalue weighted by Gasteiger charge is -2.58. The molecule has 126 valence electrons. The molecule has 2 nitrogen and oxygen atoms in total. The van der Waals surface area contributed by atoms with Crippen molar-refractivity contribution in [2.45, 2.75) is 72.6 Å². The fourth-order valence-corrected chi connectivity index (χ4v) is 6.83. The Morgan fingerprint density at radius 1 is 1.00 bits per heavy atom. The molecular formula is C21H30O2. The van der Waals surface area contributed by atoms with E-state index in [2.05, 4.69) is 27.7 Å². The predicted octanol–water partition coefficient (Wildman–Crippen LogP) is 4.72. The molecule has 3 saturated carbocycles. The normalized spacial score (nSPS) is 48.3. The summed E-state index contributed by atoms with van der Waals surface area (Å²) in [7, 11) is 0. The first-order valence-electron chi connectivity index (χ1n) is 9.46. The van der Waals surface area contributed by atoms with E-state index in [0.717, 1.165) is 25.7 Å². The van der Waals surface area contributed by atoms with Crippen LogP contribution in [-0.4, -0.2) is 11.6 Å². The van der Waals surface area contributed by atoms with Crippen LogP contribution in [0.25, 0.3) is 0 Å². The first-order valence-corrected chi connectivity index (χ1v) is 9.46. The SMILES string of the molecule is CC12CCC(=O)C=C1CCC1C2C(=O)CC2(C)C1CCC2(C)C. The molecule has 0 heterocycles. The zero-order chi connectivity index (χ0) is 16.6. The lowest BCUT2D eigenvalue weighted by molar-refractivity contribution is -0.149. The summed E-state index contributed by atoms with van der Waals surface area (Å²) >= 11 is 0. The zero-order valence-corrected chi connectivity index (χ0v) is 15.1. The van der Waals surface area contributed by atoms with Crippen LogP contribution in [0, 0.1) is 34.0 Å². The Kier molecular flexibility index (Phi) is 3.11. The molecule has 4 rings (SSSR count). The Morgan fingerprint density at radius 2 is 1.74 bits per heavy atom. The van der Waals surface area contributed by atoms with Crippen LogP contribution in [0.15, 0.2) is 11.6 Å². The molecule has 0 bridgehead atoms. The Bertz CT molecular complexity index is 613. The molecule has 0 N–H and O–H groups in total. The van der Waals surface area contributed by atoms with E-state index in [1.54, 1.807) is 0 Å². The van der Waals surface area contributed by atoms with E-state index in [1.807, 2.05) is 6.08 Å². The van der Waals surface area contributed by atoms with Crippen LogP contribution in [0.5, 0.6) is 0 Å². The summed E-state index contributed by atoms with van der Waals surface area (Å²) in [6.45, 7) is 9.41. The van der Waals surface area contributed by atoms with Crippen molar-refractivity contribution < 1.29 is 9.59 Å². The van der Waals surface area contributed by atoms with Crippen LogP contribution in [-0.2, 0) is 9.59 Å². The molecule has 5 unspecified atom stereocenters. The molecule has 4 aliphatic rings. The highest BCUT2D eigenvalue weighted by molar-refractivity contribution is 5.93. The third-order valence-corrected chi connectivity index (χ3v) is 8.67. The van der Waals surface area contributed by atoms with Crippen molar-refractivity contribution in [3.63, 3.8) is 0 Å². The number of Topliss-reactive ketones (excluding diaryl/α,β-unsaturated/α-hetero) is 1. The molecule has 3 fully saturated rings. The highest BCUT2D eigenvalue weighted by Gasteiger charge is 2.63. The largest absolute Gasteiger partial charge is 0.299 e.